The summed E-state index contributed by atoms with van der Waals surface area (Å²) in [5, 5.41) is 14.2. The zero-order valence-corrected chi connectivity index (χ0v) is 18.7. The fourth-order valence-electron chi connectivity index (χ4n) is 4.41. The van der Waals surface area contributed by atoms with E-state index in [0.29, 0.717) is 24.1 Å². The number of aromatic nitrogens is 3. The number of hydrogen-bond donors (Lipinski definition) is 2. The van der Waals surface area contributed by atoms with Crippen molar-refractivity contribution >= 4 is 34.0 Å². The van der Waals surface area contributed by atoms with Gasteiger partial charge in [0.2, 0.25) is 0 Å². The van der Waals surface area contributed by atoms with Gasteiger partial charge in [0.25, 0.3) is 5.91 Å². The first-order valence-corrected chi connectivity index (χ1v) is 12.0. The molecule has 1 fully saturated rings. The summed E-state index contributed by atoms with van der Waals surface area (Å²) in [4.78, 5) is 18.9. The Kier molecular flexibility index (Phi) is 6.67. The van der Waals surface area contributed by atoms with E-state index in [2.05, 4.69) is 46.0 Å². The summed E-state index contributed by atoms with van der Waals surface area (Å²) in [5.41, 5.74) is 2.30. The highest BCUT2D eigenvalue weighted by molar-refractivity contribution is 7.09. The number of hydrogen-bond acceptors (Lipinski definition) is 5. The third-order valence-corrected chi connectivity index (χ3v) is 7.11. The molecule has 2 N–H and O–H groups in total. The molecule has 1 saturated carbocycles. The molecule has 1 atom stereocenters. The van der Waals surface area contributed by atoms with E-state index in [1.165, 1.54) is 37.0 Å². The van der Waals surface area contributed by atoms with Crippen LogP contribution in [-0.2, 0) is 13.0 Å². The Labute approximate surface area is 182 Å². The van der Waals surface area contributed by atoms with Gasteiger partial charge in [0.15, 0.2) is 5.65 Å². The Morgan fingerprint density at radius 1 is 1.30 bits per heavy atom. The number of anilines is 1. The monoisotopic (exact) mass is 425 g/mol. The first-order chi connectivity index (χ1) is 14.7. The van der Waals surface area contributed by atoms with E-state index in [4.69, 9.17) is 0 Å². The van der Waals surface area contributed by atoms with Crippen molar-refractivity contribution in [3.63, 3.8) is 0 Å². The van der Waals surface area contributed by atoms with E-state index in [-0.39, 0.29) is 5.91 Å². The normalized spacial score (nSPS) is 15.9. The van der Waals surface area contributed by atoms with E-state index in [1.807, 2.05) is 16.9 Å². The standard InChI is InChI=1S/C23H31N5OS/c1-3-28-22-19(15-26-28)21(27-16(2)17-8-5-4-6-9-17)20(14-25-22)23(29)24-12-11-18-10-7-13-30-18/h7,10,13-17H,3-6,8-9,11-12H2,1-2H3,(H,24,29)(H,25,27)/t16-/m1/s1. The molecule has 0 aliphatic heterocycles. The topological polar surface area (TPSA) is 71.8 Å². The van der Waals surface area contributed by atoms with Crippen molar-refractivity contribution in [2.75, 3.05) is 11.9 Å². The van der Waals surface area contributed by atoms with Crippen molar-refractivity contribution in [3.8, 4) is 0 Å². The van der Waals surface area contributed by atoms with Crippen LogP contribution >= 0.6 is 11.3 Å². The molecule has 1 aliphatic rings. The molecule has 0 unspecified atom stereocenters. The number of carbonyl (C=O) groups excluding carboxylic acids is 1. The molecule has 1 amide bonds. The van der Waals surface area contributed by atoms with Gasteiger partial charge < -0.3 is 10.6 Å². The second-order valence-corrected chi connectivity index (χ2v) is 9.19. The van der Waals surface area contributed by atoms with Crippen molar-refractivity contribution in [2.45, 2.75) is 65.0 Å². The van der Waals surface area contributed by atoms with E-state index >= 15 is 0 Å². The summed E-state index contributed by atoms with van der Waals surface area (Å²) in [5.74, 6) is 0.557. The van der Waals surface area contributed by atoms with Gasteiger partial charge in [-0.15, -0.1) is 11.3 Å². The number of rotatable bonds is 8. The highest BCUT2D eigenvalue weighted by Crippen LogP contribution is 2.32. The number of nitrogens with one attached hydrogen (secondary N) is 2. The molecule has 4 rings (SSSR count). The van der Waals surface area contributed by atoms with E-state index < -0.39 is 0 Å². The van der Waals surface area contributed by atoms with Gasteiger partial charge in [-0.3, -0.25) is 4.79 Å². The zero-order chi connectivity index (χ0) is 20.9. The first kappa shape index (κ1) is 20.8. The van der Waals surface area contributed by atoms with E-state index in [9.17, 15) is 4.79 Å². The number of amides is 1. The predicted molar refractivity (Wildman–Crippen MR) is 123 cm³/mol. The molecule has 3 aromatic heterocycles. The van der Waals surface area contributed by atoms with Crippen molar-refractivity contribution in [1.29, 1.82) is 0 Å². The quantitative estimate of drug-likeness (QED) is 0.540. The molecule has 0 bridgehead atoms. The molecular weight excluding hydrogens is 394 g/mol. The van der Waals surface area contributed by atoms with Gasteiger partial charge in [0, 0.05) is 30.2 Å². The minimum atomic E-state index is -0.0800. The number of carbonyl (C=O) groups is 1. The van der Waals surface area contributed by atoms with Crippen LogP contribution in [0.5, 0.6) is 0 Å². The molecule has 0 aromatic carbocycles. The molecular formula is C23H31N5OS. The average Bonchev–Trinajstić information content (AvgIpc) is 3.44. The molecule has 160 valence electrons. The number of aryl methyl sites for hydroxylation is 1. The lowest BCUT2D eigenvalue weighted by atomic mass is 9.84. The smallest absolute Gasteiger partial charge is 0.254 e. The lowest BCUT2D eigenvalue weighted by Crippen LogP contribution is -2.31. The maximum Gasteiger partial charge on any atom is 0.254 e. The van der Waals surface area contributed by atoms with Gasteiger partial charge in [0.05, 0.1) is 22.8 Å². The first-order valence-electron chi connectivity index (χ1n) is 11.1. The zero-order valence-electron chi connectivity index (χ0n) is 17.9. The Morgan fingerprint density at radius 2 is 2.13 bits per heavy atom. The highest BCUT2D eigenvalue weighted by atomic mass is 32.1. The number of nitrogens with zero attached hydrogens (tertiary/aromatic N) is 3. The molecule has 7 heteroatoms. The summed E-state index contributed by atoms with van der Waals surface area (Å²) in [6, 6.07) is 4.45. The van der Waals surface area contributed by atoms with Crippen LogP contribution in [0.15, 0.2) is 29.9 Å². The van der Waals surface area contributed by atoms with Crippen LogP contribution in [0.4, 0.5) is 5.69 Å². The average molecular weight is 426 g/mol. The van der Waals surface area contributed by atoms with Crippen LogP contribution in [0, 0.1) is 5.92 Å². The van der Waals surface area contributed by atoms with Crippen molar-refractivity contribution in [3.05, 3.63) is 40.3 Å². The molecule has 30 heavy (non-hydrogen) atoms. The SMILES string of the molecule is CCn1ncc2c(N[C@H](C)C3CCCCC3)c(C(=O)NCCc3cccs3)cnc21. The number of fused-ring (bicyclic) bond motifs is 1. The number of thiophene rings is 1. The lowest BCUT2D eigenvalue weighted by Gasteiger charge is -2.29. The molecule has 3 heterocycles. The van der Waals surface area contributed by atoms with Gasteiger partial charge >= 0.3 is 0 Å². The fourth-order valence-corrected chi connectivity index (χ4v) is 5.12. The lowest BCUT2D eigenvalue weighted by molar-refractivity contribution is 0.0954. The van der Waals surface area contributed by atoms with Crippen LogP contribution in [0.3, 0.4) is 0 Å². The number of pyridine rings is 1. The maximum absolute atomic E-state index is 13.1. The minimum absolute atomic E-state index is 0.0800. The van der Waals surface area contributed by atoms with Gasteiger partial charge in [-0.2, -0.15) is 5.10 Å². The Hall–Kier alpha value is -2.41. The van der Waals surface area contributed by atoms with Crippen molar-refractivity contribution in [1.82, 2.24) is 20.1 Å². The summed E-state index contributed by atoms with van der Waals surface area (Å²) in [6.07, 6.45) is 10.8. The van der Waals surface area contributed by atoms with Crippen LogP contribution in [0.2, 0.25) is 0 Å². The Morgan fingerprint density at radius 3 is 2.87 bits per heavy atom. The summed E-state index contributed by atoms with van der Waals surface area (Å²) in [7, 11) is 0. The predicted octanol–water partition coefficient (Wildman–Crippen LogP) is 4.87. The van der Waals surface area contributed by atoms with Gasteiger partial charge in [-0.25, -0.2) is 9.67 Å². The molecule has 1 aliphatic carbocycles. The van der Waals surface area contributed by atoms with Gasteiger partial charge in [0.1, 0.15) is 0 Å². The Balaban J connectivity index is 1.57. The third kappa shape index (κ3) is 4.51. The molecule has 3 aromatic rings. The van der Waals surface area contributed by atoms with Crippen LogP contribution in [0.1, 0.15) is 61.2 Å². The van der Waals surface area contributed by atoms with Crippen LogP contribution in [0.25, 0.3) is 11.0 Å². The maximum atomic E-state index is 13.1. The van der Waals surface area contributed by atoms with Gasteiger partial charge in [-0.05, 0) is 50.5 Å². The van der Waals surface area contributed by atoms with Gasteiger partial charge in [-0.1, -0.05) is 25.3 Å². The third-order valence-electron chi connectivity index (χ3n) is 6.18. The molecule has 0 spiro atoms. The summed E-state index contributed by atoms with van der Waals surface area (Å²) >= 11 is 1.72. The van der Waals surface area contributed by atoms with Crippen molar-refractivity contribution in [2.24, 2.45) is 5.92 Å². The largest absolute Gasteiger partial charge is 0.381 e. The second kappa shape index (κ2) is 9.60. The second-order valence-electron chi connectivity index (χ2n) is 8.16. The molecule has 6 nitrogen and oxygen atoms in total. The van der Waals surface area contributed by atoms with Crippen molar-refractivity contribution < 1.29 is 4.79 Å². The summed E-state index contributed by atoms with van der Waals surface area (Å²) < 4.78 is 1.88. The van der Waals surface area contributed by atoms with Crippen LogP contribution in [-0.4, -0.2) is 33.3 Å². The minimum Gasteiger partial charge on any atom is -0.381 e. The van der Waals surface area contributed by atoms with E-state index in [1.54, 1.807) is 17.5 Å². The van der Waals surface area contributed by atoms with Crippen LogP contribution < -0.4 is 10.6 Å². The fraction of sp³-hybridized carbons (Fsp3) is 0.522. The van der Waals surface area contributed by atoms with E-state index in [0.717, 1.165) is 29.7 Å². The summed E-state index contributed by atoms with van der Waals surface area (Å²) in [6.45, 7) is 5.66. The highest BCUT2D eigenvalue weighted by Gasteiger charge is 2.24. The molecule has 0 saturated heterocycles. The molecule has 0 radical (unpaired) electrons. The Bertz CT molecular complexity index is 975.